The van der Waals surface area contributed by atoms with Crippen molar-refractivity contribution in [3.63, 3.8) is 0 Å². The molecule has 0 aliphatic carbocycles. The zero-order valence-electron chi connectivity index (χ0n) is 10.1. The highest BCUT2D eigenvalue weighted by Gasteiger charge is 2.22. The molecule has 0 bridgehead atoms. The van der Waals surface area contributed by atoms with Crippen molar-refractivity contribution >= 4 is 5.91 Å². The van der Waals surface area contributed by atoms with E-state index < -0.39 is 0 Å². The van der Waals surface area contributed by atoms with E-state index in [2.05, 4.69) is 10.3 Å². The average molecular weight is 234 g/mol. The Balaban J connectivity index is 1.72. The lowest BCUT2D eigenvalue weighted by Gasteiger charge is -2.10. The molecule has 92 valence electrons. The largest absolute Gasteiger partial charge is 0.368 e. The summed E-state index contributed by atoms with van der Waals surface area (Å²) < 4.78 is 5.31. The van der Waals surface area contributed by atoms with Gasteiger partial charge in [0.1, 0.15) is 6.10 Å². The maximum absolute atomic E-state index is 11.6. The van der Waals surface area contributed by atoms with Gasteiger partial charge in [-0.05, 0) is 37.8 Å². The second kappa shape index (κ2) is 5.77. The maximum atomic E-state index is 11.6. The molecule has 1 aromatic rings. The molecule has 1 amide bonds. The first kappa shape index (κ1) is 12.0. The predicted molar refractivity (Wildman–Crippen MR) is 64.7 cm³/mol. The molecule has 0 radical (unpaired) electrons. The van der Waals surface area contributed by atoms with Gasteiger partial charge in [-0.1, -0.05) is 6.07 Å². The van der Waals surface area contributed by atoms with Crippen LogP contribution < -0.4 is 5.32 Å². The van der Waals surface area contributed by atoms with Crippen LogP contribution in [0.2, 0.25) is 0 Å². The van der Waals surface area contributed by atoms with Crippen LogP contribution in [0.15, 0.2) is 18.3 Å². The molecule has 1 aliphatic heterocycles. The topological polar surface area (TPSA) is 51.2 Å². The number of hydrogen-bond donors (Lipinski definition) is 1. The number of amides is 1. The van der Waals surface area contributed by atoms with Gasteiger partial charge >= 0.3 is 0 Å². The van der Waals surface area contributed by atoms with Gasteiger partial charge in [0.2, 0.25) is 5.91 Å². The highest BCUT2D eigenvalue weighted by atomic mass is 16.5. The second-order valence-electron chi connectivity index (χ2n) is 4.35. The third-order valence-electron chi connectivity index (χ3n) is 2.91. The van der Waals surface area contributed by atoms with E-state index >= 15 is 0 Å². The van der Waals surface area contributed by atoms with Gasteiger partial charge in [0, 0.05) is 25.0 Å². The summed E-state index contributed by atoms with van der Waals surface area (Å²) in [5.74, 6) is 0.0163. The summed E-state index contributed by atoms with van der Waals surface area (Å²) in [5, 5.41) is 2.90. The van der Waals surface area contributed by atoms with Crippen molar-refractivity contribution in [2.45, 2.75) is 32.3 Å². The Labute approximate surface area is 101 Å². The Morgan fingerprint density at radius 2 is 2.47 bits per heavy atom. The smallest absolute Gasteiger partial charge is 0.249 e. The number of carbonyl (C=O) groups excluding carboxylic acids is 1. The highest BCUT2D eigenvalue weighted by Crippen LogP contribution is 2.11. The zero-order chi connectivity index (χ0) is 12.1. The monoisotopic (exact) mass is 234 g/mol. The summed E-state index contributed by atoms with van der Waals surface area (Å²) in [6.07, 6.45) is 4.27. The van der Waals surface area contributed by atoms with Gasteiger partial charge in [-0.3, -0.25) is 9.78 Å². The van der Waals surface area contributed by atoms with Crippen molar-refractivity contribution in [3.8, 4) is 0 Å². The Morgan fingerprint density at radius 3 is 3.12 bits per heavy atom. The van der Waals surface area contributed by atoms with Crippen LogP contribution in [0.5, 0.6) is 0 Å². The molecular formula is C13H18N2O2. The van der Waals surface area contributed by atoms with Gasteiger partial charge in [-0.25, -0.2) is 0 Å². The number of hydrogen-bond acceptors (Lipinski definition) is 3. The van der Waals surface area contributed by atoms with Crippen LogP contribution in [0.25, 0.3) is 0 Å². The molecular weight excluding hydrogens is 216 g/mol. The van der Waals surface area contributed by atoms with E-state index in [0.717, 1.165) is 30.5 Å². The van der Waals surface area contributed by atoms with Crippen molar-refractivity contribution in [2.24, 2.45) is 0 Å². The number of carbonyl (C=O) groups is 1. The van der Waals surface area contributed by atoms with Crippen LogP contribution in [0.1, 0.15) is 24.1 Å². The van der Waals surface area contributed by atoms with Crippen LogP contribution in [-0.4, -0.2) is 30.1 Å². The number of nitrogens with zero attached hydrogens (tertiary/aromatic N) is 1. The molecule has 4 heteroatoms. The maximum Gasteiger partial charge on any atom is 0.249 e. The molecule has 1 N–H and O–H groups in total. The van der Waals surface area contributed by atoms with Crippen LogP contribution in [0.3, 0.4) is 0 Å². The van der Waals surface area contributed by atoms with Crippen molar-refractivity contribution in [3.05, 3.63) is 29.6 Å². The van der Waals surface area contributed by atoms with E-state index in [1.807, 2.05) is 25.3 Å². The number of rotatable bonds is 4. The Morgan fingerprint density at radius 1 is 1.59 bits per heavy atom. The lowest BCUT2D eigenvalue weighted by Crippen LogP contribution is -2.35. The minimum absolute atomic E-state index is 0.0163. The van der Waals surface area contributed by atoms with Gasteiger partial charge in [-0.15, -0.1) is 0 Å². The third kappa shape index (κ3) is 3.53. The fraction of sp³-hybridized carbons (Fsp3) is 0.538. The first-order valence-corrected chi connectivity index (χ1v) is 6.06. The molecule has 1 atom stereocenters. The summed E-state index contributed by atoms with van der Waals surface area (Å²) in [7, 11) is 0. The normalized spacial score (nSPS) is 19.2. The second-order valence-corrected chi connectivity index (χ2v) is 4.35. The third-order valence-corrected chi connectivity index (χ3v) is 2.91. The molecule has 0 aromatic carbocycles. The van der Waals surface area contributed by atoms with E-state index in [0.29, 0.717) is 13.2 Å². The van der Waals surface area contributed by atoms with E-state index in [9.17, 15) is 4.79 Å². The minimum Gasteiger partial charge on any atom is -0.368 e. The lowest BCUT2D eigenvalue weighted by atomic mass is 10.2. The van der Waals surface area contributed by atoms with Gasteiger partial charge in [0.15, 0.2) is 0 Å². The Bertz CT molecular complexity index is 370. The fourth-order valence-corrected chi connectivity index (χ4v) is 1.87. The molecule has 2 heterocycles. The van der Waals surface area contributed by atoms with Crippen LogP contribution in [0, 0.1) is 6.92 Å². The Kier molecular flexibility index (Phi) is 4.09. The summed E-state index contributed by atoms with van der Waals surface area (Å²) in [4.78, 5) is 15.9. The number of aryl methyl sites for hydroxylation is 1. The van der Waals surface area contributed by atoms with Gasteiger partial charge in [-0.2, -0.15) is 0 Å². The zero-order valence-corrected chi connectivity index (χ0v) is 10.1. The highest BCUT2D eigenvalue weighted by molar-refractivity contribution is 5.80. The molecule has 0 saturated carbocycles. The van der Waals surface area contributed by atoms with Crippen molar-refractivity contribution in [1.29, 1.82) is 0 Å². The number of pyridine rings is 1. The molecule has 0 unspecified atom stereocenters. The van der Waals surface area contributed by atoms with Crippen molar-refractivity contribution in [2.75, 3.05) is 13.2 Å². The SMILES string of the molecule is Cc1ccc(CCNC(=O)[C@H]2CCCO2)cn1. The first-order chi connectivity index (χ1) is 8.25. The minimum atomic E-state index is -0.230. The summed E-state index contributed by atoms with van der Waals surface area (Å²) in [6, 6.07) is 4.03. The first-order valence-electron chi connectivity index (χ1n) is 6.06. The van der Waals surface area contributed by atoms with Gasteiger partial charge in [0.05, 0.1) is 0 Å². The van der Waals surface area contributed by atoms with Crippen molar-refractivity contribution < 1.29 is 9.53 Å². The van der Waals surface area contributed by atoms with Crippen molar-refractivity contribution in [1.82, 2.24) is 10.3 Å². The van der Waals surface area contributed by atoms with E-state index in [1.54, 1.807) is 0 Å². The molecule has 2 rings (SSSR count). The number of nitrogens with one attached hydrogen (secondary N) is 1. The average Bonchev–Trinajstić information content (AvgIpc) is 2.85. The summed E-state index contributed by atoms with van der Waals surface area (Å²) in [6.45, 7) is 3.31. The van der Waals surface area contributed by atoms with Crippen LogP contribution in [-0.2, 0) is 16.0 Å². The molecule has 1 saturated heterocycles. The quantitative estimate of drug-likeness (QED) is 0.852. The number of ether oxygens (including phenoxy) is 1. The number of aromatic nitrogens is 1. The molecule has 0 spiro atoms. The summed E-state index contributed by atoms with van der Waals surface area (Å²) >= 11 is 0. The van der Waals surface area contributed by atoms with Crippen LogP contribution >= 0.6 is 0 Å². The lowest BCUT2D eigenvalue weighted by molar-refractivity contribution is -0.129. The summed E-state index contributed by atoms with van der Waals surface area (Å²) in [5.41, 5.74) is 2.15. The van der Waals surface area contributed by atoms with E-state index in [4.69, 9.17) is 4.74 Å². The Hall–Kier alpha value is -1.42. The standard InChI is InChI=1S/C13H18N2O2/c1-10-4-5-11(9-15-10)6-7-14-13(16)12-3-2-8-17-12/h4-5,9,12H,2-3,6-8H2,1H3,(H,14,16)/t12-/m1/s1. The van der Waals surface area contributed by atoms with E-state index in [1.165, 1.54) is 0 Å². The van der Waals surface area contributed by atoms with Crippen LogP contribution in [0.4, 0.5) is 0 Å². The molecule has 1 aliphatic rings. The fourth-order valence-electron chi connectivity index (χ4n) is 1.87. The molecule has 4 nitrogen and oxygen atoms in total. The predicted octanol–water partition coefficient (Wildman–Crippen LogP) is 1.23. The van der Waals surface area contributed by atoms with Gasteiger partial charge < -0.3 is 10.1 Å². The molecule has 1 fully saturated rings. The van der Waals surface area contributed by atoms with E-state index in [-0.39, 0.29) is 12.0 Å². The molecule has 17 heavy (non-hydrogen) atoms. The molecule has 1 aromatic heterocycles. The van der Waals surface area contributed by atoms with Gasteiger partial charge in [0.25, 0.3) is 0 Å².